The van der Waals surface area contributed by atoms with Gasteiger partial charge in [-0.15, -0.1) is 0 Å². The van der Waals surface area contributed by atoms with Crippen LogP contribution in [0.5, 0.6) is 0 Å². The summed E-state index contributed by atoms with van der Waals surface area (Å²) in [5, 5.41) is 5.95. The monoisotopic (exact) mass is 288 g/mol. The van der Waals surface area contributed by atoms with Crippen molar-refractivity contribution in [2.75, 3.05) is 17.7 Å². The van der Waals surface area contributed by atoms with E-state index in [4.69, 9.17) is 0 Å². The molecule has 0 atom stereocenters. The van der Waals surface area contributed by atoms with Crippen LogP contribution in [0.3, 0.4) is 0 Å². The molecule has 6 heteroatoms. The van der Waals surface area contributed by atoms with Gasteiger partial charge in [0.1, 0.15) is 0 Å². The fourth-order valence-corrected chi connectivity index (χ4v) is 1.97. The number of methoxy groups -OCH3 is 1. The maximum absolute atomic E-state index is 11.1. The van der Waals surface area contributed by atoms with Crippen LogP contribution in [0.1, 0.15) is 19.0 Å². The van der Waals surface area contributed by atoms with E-state index in [0.717, 1.165) is 24.3 Å². The number of hydrogen-bond donors (Lipinski definition) is 2. The van der Waals surface area contributed by atoms with Crippen LogP contribution in [0.15, 0.2) is 36.8 Å². The third-order valence-corrected chi connectivity index (χ3v) is 3.05. The molecule has 0 radical (unpaired) electrons. The topological polar surface area (TPSA) is 68.2 Å². The number of aryl methyl sites for hydroxylation is 1. The molecule has 2 rings (SSSR count). The van der Waals surface area contributed by atoms with Gasteiger partial charge < -0.3 is 14.6 Å². The smallest absolute Gasteiger partial charge is 0.411 e. The predicted molar refractivity (Wildman–Crippen MR) is 82.3 cm³/mol. The first kappa shape index (κ1) is 14.9. The molecule has 2 N–H and O–H groups in total. The number of rotatable bonds is 6. The number of imidazole rings is 1. The normalized spacial score (nSPS) is 10.2. The standard InChI is InChI=1S/C15H20N4O2/c1-3-8-19-11-16-9-14(19)10-17-12-4-6-13(7-5-12)18-15(20)21-2/h4-7,9,11,17H,3,8,10H2,1-2H3,(H,18,20). The van der Waals surface area contributed by atoms with Crippen molar-refractivity contribution in [3.05, 3.63) is 42.5 Å². The first-order valence-electron chi connectivity index (χ1n) is 6.91. The molecule has 0 bridgehead atoms. The maximum atomic E-state index is 11.1. The Morgan fingerprint density at radius 3 is 2.67 bits per heavy atom. The van der Waals surface area contributed by atoms with E-state index in [1.807, 2.05) is 36.8 Å². The Bertz CT molecular complexity index is 578. The second kappa shape index (κ2) is 7.33. The van der Waals surface area contributed by atoms with Crippen LogP contribution in [0.25, 0.3) is 0 Å². The summed E-state index contributed by atoms with van der Waals surface area (Å²) in [5.74, 6) is 0. The molecule has 0 saturated carbocycles. The highest BCUT2D eigenvalue weighted by molar-refractivity contribution is 5.84. The fourth-order valence-electron chi connectivity index (χ4n) is 1.97. The lowest BCUT2D eigenvalue weighted by atomic mass is 10.2. The molecule has 1 aromatic heterocycles. The van der Waals surface area contributed by atoms with Gasteiger partial charge in [-0.25, -0.2) is 9.78 Å². The Morgan fingerprint density at radius 1 is 1.29 bits per heavy atom. The SMILES string of the molecule is CCCn1cncc1CNc1ccc(NC(=O)OC)cc1. The summed E-state index contributed by atoms with van der Waals surface area (Å²) in [7, 11) is 1.34. The van der Waals surface area contributed by atoms with Gasteiger partial charge in [-0.2, -0.15) is 0 Å². The van der Waals surface area contributed by atoms with Crippen molar-refractivity contribution < 1.29 is 9.53 Å². The molecule has 2 aromatic rings. The first-order valence-corrected chi connectivity index (χ1v) is 6.91. The highest BCUT2D eigenvalue weighted by atomic mass is 16.5. The van der Waals surface area contributed by atoms with E-state index in [0.29, 0.717) is 12.2 Å². The summed E-state index contributed by atoms with van der Waals surface area (Å²) in [6, 6.07) is 7.46. The molecular formula is C15H20N4O2. The Kier molecular flexibility index (Phi) is 5.20. The number of aromatic nitrogens is 2. The zero-order chi connectivity index (χ0) is 15.1. The van der Waals surface area contributed by atoms with E-state index < -0.39 is 6.09 Å². The van der Waals surface area contributed by atoms with Crippen molar-refractivity contribution >= 4 is 17.5 Å². The van der Waals surface area contributed by atoms with Gasteiger partial charge >= 0.3 is 6.09 Å². The molecule has 0 aliphatic carbocycles. The quantitative estimate of drug-likeness (QED) is 0.857. The average Bonchev–Trinajstić information content (AvgIpc) is 2.94. The molecule has 0 unspecified atom stereocenters. The number of carbonyl (C=O) groups is 1. The first-order chi connectivity index (χ1) is 10.2. The Hall–Kier alpha value is -2.50. The molecule has 112 valence electrons. The third-order valence-electron chi connectivity index (χ3n) is 3.05. The van der Waals surface area contributed by atoms with Gasteiger partial charge in [0.15, 0.2) is 0 Å². The largest absolute Gasteiger partial charge is 0.453 e. The van der Waals surface area contributed by atoms with Gasteiger partial charge in [0.05, 0.1) is 25.7 Å². The van der Waals surface area contributed by atoms with Gasteiger partial charge in [-0.1, -0.05) is 6.92 Å². The molecule has 0 aliphatic rings. The van der Waals surface area contributed by atoms with Crippen LogP contribution in [0.4, 0.5) is 16.2 Å². The number of nitrogens with one attached hydrogen (secondary N) is 2. The fraction of sp³-hybridized carbons (Fsp3) is 0.333. The van der Waals surface area contributed by atoms with Crippen molar-refractivity contribution in [3.63, 3.8) is 0 Å². The summed E-state index contributed by atoms with van der Waals surface area (Å²) in [4.78, 5) is 15.3. The molecule has 1 heterocycles. The lowest BCUT2D eigenvalue weighted by Crippen LogP contribution is -2.11. The van der Waals surface area contributed by atoms with Crippen molar-refractivity contribution in [3.8, 4) is 0 Å². The maximum Gasteiger partial charge on any atom is 0.411 e. The van der Waals surface area contributed by atoms with Crippen LogP contribution in [0.2, 0.25) is 0 Å². The number of nitrogens with zero attached hydrogens (tertiary/aromatic N) is 2. The average molecular weight is 288 g/mol. The number of benzene rings is 1. The molecule has 0 fully saturated rings. The van der Waals surface area contributed by atoms with E-state index in [2.05, 4.69) is 31.8 Å². The second-order valence-corrected chi connectivity index (χ2v) is 4.63. The van der Waals surface area contributed by atoms with Gasteiger partial charge in [0, 0.05) is 24.1 Å². The van der Waals surface area contributed by atoms with E-state index in [1.54, 1.807) is 0 Å². The van der Waals surface area contributed by atoms with Crippen molar-refractivity contribution in [1.82, 2.24) is 9.55 Å². The van der Waals surface area contributed by atoms with E-state index >= 15 is 0 Å². The van der Waals surface area contributed by atoms with Gasteiger partial charge in [-0.3, -0.25) is 5.32 Å². The molecule has 0 saturated heterocycles. The molecule has 0 spiro atoms. The number of amides is 1. The number of anilines is 2. The second-order valence-electron chi connectivity index (χ2n) is 4.63. The lowest BCUT2D eigenvalue weighted by molar-refractivity contribution is 0.187. The number of carbonyl (C=O) groups excluding carboxylic acids is 1. The van der Waals surface area contributed by atoms with Gasteiger partial charge in [-0.05, 0) is 30.7 Å². The minimum atomic E-state index is -0.473. The molecule has 1 aromatic carbocycles. The predicted octanol–water partition coefficient (Wildman–Crippen LogP) is 3.08. The molecule has 1 amide bonds. The van der Waals surface area contributed by atoms with Crippen LogP contribution in [-0.2, 0) is 17.8 Å². The Balaban J connectivity index is 1.91. The summed E-state index contributed by atoms with van der Waals surface area (Å²) >= 11 is 0. The van der Waals surface area contributed by atoms with Crippen molar-refractivity contribution in [2.24, 2.45) is 0 Å². The highest BCUT2D eigenvalue weighted by Gasteiger charge is 2.02. The Morgan fingerprint density at radius 2 is 2.00 bits per heavy atom. The number of hydrogen-bond acceptors (Lipinski definition) is 4. The van der Waals surface area contributed by atoms with Crippen LogP contribution >= 0.6 is 0 Å². The van der Waals surface area contributed by atoms with E-state index in [-0.39, 0.29) is 0 Å². The van der Waals surface area contributed by atoms with Gasteiger partial charge in [0.2, 0.25) is 0 Å². The minimum absolute atomic E-state index is 0.473. The molecule has 21 heavy (non-hydrogen) atoms. The molecular weight excluding hydrogens is 268 g/mol. The van der Waals surface area contributed by atoms with Crippen LogP contribution in [-0.4, -0.2) is 22.8 Å². The summed E-state index contributed by atoms with van der Waals surface area (Å²) in [6.07, 6.45) is 4.33. The highest BCUT2D eigenvalue weighted by Crippen LogP contribution is 2.15. The van der Waals surface area contributed by atoms with Crippen molar-refractivity contribution in [1.29, 1.82) is 0 Å². The zero-order valence-electron chi connectivity index (χ0n) is 12.3. The molecule has 6 nitrogen and oxygen atoms in total. The number of ether oxygens (including phenoxy) is 1. The molecule has 0 aliphatic heterocycles. The van der Waals surface area contributed by atoms with Crippen LogP contribution in [0, 0.1) is 0 Å². The summed E-state index contributed by atoms with van der Waals surface area (Å²) < 4.78 is 6.68. The van der Waals surface area contributed by atoms with E-state index in [1.165, 1.54) is 7.11 Å². The van der Waals surface area contributed by atoms with Crippen LogP contribution < -0.4 is 10.6 Å². The lowest BCUT2D eigenvalue weighted by Gasteiger charge is -2.10. The third kappa shape index (κ3) is 4.24. The minimum Gasteiger partial charge on any atom is -0.453 e. The summed E-state index contributed by atoms with van der Waals surface area (Å²) in [6.45, 7) is 3.83. The summed E-state index contributed by atoms with van der Waals surface area (Å²) in [5.41, 5.74) is 2.83. The zero-order valence-corrected chi connectivity index (χ0v) is 12.3. The van der Waals surface area contributed by atoms with Gasteiger partial charge in [0.25, 0.3) is 0 Å². The Labute approximate surface area is 124 Å². The van der Waals surface area contributed by atoms with Crippen molar-refractivity contribution in [2.45, 2.75) is 26.4 Å². The van der Waals surface area contributed by atoms with E-state index in [9.17, 15) is 4.79 Å².